The quantitative estimate of drug-likeness (QED) is 0.393. The molecule has 7 nitrogen and oxygen atoms in total. The molecule has 0 radical (unpaired) electrons. The fourth-order valence-electron chi connectivity index (χ4n) is 7.00. The molecule has 3 aromatic rings. The van der Waals surface area contributed by atoms with Crippen LogP contribution in [0.2, 0.25) is 0 Å². The highest BCUT2D eigenvalue weighted by atomic mass is 16.7. The summed E-state index contributed by atoms with van der Waals surface area (Å²) in [5.41, 5.74) is 8.85. The molecule has 4 heterocycles. The van der Waals surface area contributed by atoms with E-state index in [2.05, 4.69) is 66.3 Å². The van der Waals surface area contributed by atoms with Crippen LogP contribution in [0.15, 0.2) is 59.6 Å². The Morgan fingerprint density at radius 3 is 2.49 bits per heavy atom. The molecular weight excluding hydrogens is 512 g/mol. The Balaban J connectivity index is 1.14. The lowest BCUT2D eigenvalue weighted by molar-refractivity contribution is 0.0984. The smallest absolute Gasteiger partial charge is 0.258 e. The predicted octanol–water partition coefficient (Wildman–Crippen LogP) is 6.13. The number of rotatable bonds is 3. The first-order valence-corrected chi connectivity index (χ1v) is 14.9. The monoisotopic (exact) mass is 550 g/mol. The lowest BCUT2D eigenvalue weighted by atomic mass is 9.69. The van der Waals surface area contributed by atoms with Crippen molar-refractivity contribution in [2.24, 2.45) is 4.99 Å². The molecule has 0 N–H and O–H groups in total. The molecule has 1 saturated heterocycles. The van der Waals surface area contributed by atoms with Gasteiger partial charge in [0.15, 0.2) is 0 Å². The van der Waals surface area contributed by atoms with E-state index < -0.39 is 0 Å². The van der Waals surface area contributed by atoms with E-state index >= 15 is 0 Å². The lowest BCUT2D eigenvalue weighted by Gasteiger charge is -2.45. The number of carbonyl (C=O) groups excluding carboxylic acids is 1. The second-order valence-corrected chi connectivity index (χ2v) is 12.1. The van der Waals surface area contributed by atoms with Gasteiger partial charge in [-0.3, -0.25) is 4.79 Å². The van der Waals surface area contributed by atoms with Crippen molar-refractivity contribution in [1.82, 2.24) is 4.90 Å². The Morgan fingerprint density at radius 2 is 1.76 bits per heavy atom. The van der Waals surface area contributed by atoms with Gasteiger partial charge in [0.05, 0.1) is 12.3 Å². The Hall–Kier alpha value is -3.84. The minimum Gasteiger partial charge on any atom is -0.493 e. The zero-order valence-electron chi connectivity index (χ0n) is 24.3. The Morgan fingerprint density at radius 1 is 0.951 bits per heavy atom. The molecule has 0 atom stereocenters. The molecule has 0 aliphatic carbocycles. The summed E-state index contributed by atoms with van der Waals surface area (Å²) in [6, 6.07) is 18.9. The number of fused-ring (bicyclic) bond motifs is 3. The standard InChI is InChI=1S/C34H38N4O3/c1-23-19-28(38-22-35-24(2)41-38)10-11-29(23)25-6-8-26(9-7-25)33(39)37-15-4-5-27-20-32-30(21-31(27)37)34(14-18-40-32)12-16-36(3)17-13-34/h6-11,19-21H,4-5,12-18,22H2,1-3H3. The predicted molar refractivity (Wildman–Crippen MR) is 163 cm³/mol. The second-order valence-electron chi connectivity index (χ2n) is 12.1. The Labute approximate surface area is 242 Å². The summed E-state index contributed by atoms with van der Waals surface area (Å²) in [4.78, 5) is 28.3. The van der Waals surface area contributed by atoms with Crippen LogP contribution in [0.4, 0.5) is 11.4 Å². The third-order valence-corrected chi connectivity index (χ3v) is 9.50. The first kappa shape index (κ1) is 26.1. The summed E-state index contributed by atoms with van der Waals surface area (Å²) in [6.45, 7) is 8.21. The van der Waals surface area contributed by atoms with E-state index in [0.717, 1.165) is 97.7 Å². The van der Waals surface area contributed by atoms with Crippen molar-refractivity contribution >= 4 is 23.2 Å². The van der Waals surface area contributed by atoms with E-state index in [-0.39, 0.29) is 11.3 Å². The molecule has 0 unspecified atom stereocenters. The molecule has 1 fully saturated rings. The molecule has 1 amide bonds. The van der Waals surface area contributed by atoms with Gasteiger partial charge < -0.3 is 19.4 Å². The van der Waals surface area contributed by atoms with Crippen LogP contribution in [0.3, 0.4) is 0 Å². The van der Waals surface area contributed by atoms with Gasteiger partial charge in [-0.25, -0.2) is 4.99 Å². The molecule has 4 aliphatic heterocycles. The number of piperidine rings is 1. The summed E-state index contributed by atoms with van der Waals surface area (Å²) in [6.07, 6.45) is 5.29. The maximum Gasteiger partial charge on any atom is 0.258 e. The molecule has 212 valence electrons. The molecular formula is C34H38N4O3. The molecule has 1 spiro atoms. The van der Waals surface area contributed by atoms with Crippen molar-refractivity contribution in [3.8, 4) is 16.9 Å². The first-order chi connectivity index (χ1) is 19.9. The van der Waals surface area contributed by atoms with Crippen LogP contribution in [-0.4, -0.2) is 56.7 Å². The van der Waals surface area contributed by atoms with Gasteiger partial charge in [0.2, 0.25) is 5.90 Å². The highest BCUT2D eigenvalue weighted by Crippen LogP contribution is 2.48. The number of ether oxygens (including phenoxy) is 1. The summed E-state index contributed by atoms with van der Waals surface area (Å²) in [5, 5.41) is 1.79. The summed E-state index contributed by atoms with van der Waals surface area (Å²) in [5.74, 6) is 1.79. The average molecular weight is 551 g/mol. The molecule has 0 aromatic heterocycles. The van der Waals surface area contributed by atoms with E-state index in [1.54, 1.807) is 5.06 Å². The van der Waals surface area contributed by atoms with Gasteiger partial charge in [-0.2, -0.15) is 5.06 Å². The molecule has 3 aromatic carbocycles. The van der Waals surface area contributed by atoms with Crippen LogP contribution in [0.1, 0.15) is 59.7 Å². The SMILES string of the molecule is CC1=NCN(c2ccc(-c3ccc(C(=O)N4CCCc5cc6c(cc54)C4(CCO6)CCN(C)CC4)cc3)c(C)c2)O1. The van der Waals surface area contributed by atoms with Crippen molar-refractivity contribution in [1.29, 1.82) is 0 Å². The van der Waals surface area contributed by atoms with Gasteiger partial charge >= 0.3 is 0 Å². The topological polar surface area (TPSA) is 57.6 Å². The second kappa shape index (κ2) is 10.2. The minimum absolute atomic E-state index is 0.0697. The molecule has 7 rings (SSSR count). The highest BCUT2D eigenvalue weighted by molar-refractivity contribution is 6.07. The van der Waals surface area contributed by atoms with Gasteiger partial charge in [0.1, 0.15) is 12.4 Å². The first-order valence-electron chi connectivity index (χ1n) is 14.9. The number of benzene rings is 3. The number of aliphatic imine (C=N–C) groups is 1. The average Bonchev–Trinajstić information content (AvgIpc) is 3.43. The van der Waals surface area contributed by atoms with Crippen LogP contribution in [0, 0.1) is 6.92 Å². The van der Waals surface area contributed by atoms with Gasteiger partial charge in [-0.05, 0) is 118 Å². The largest absolute Gasteiger partial charge is 0.493 e. The number of carbonyl (C=O) groups is 1. The van der Waals surface area contributed by atoms with E-state index in [4.69, 9.17) is 9.57 Å². The summed E-state index contributed by atoms with van der Waals surface area (Å²) in [7, 11) is 2.21. The zero-order chi connectivity index (χ0) is 28.1. The van der Waals surface area contributed by atoms with Crippen molar-refractivity contribution in [2.75, 3.05) is 49.9 Å². The van der Waals surface area contributed by atoms with E-state index in [1.807, 2.05) is 24.0 Å². The molecule has 0 saturated carbocycles. The fourth-order valence-corrected chi connectivity index (χ4v) is 7.00. The maximum atomic E-state index is 13.9. The fraction of sp³-hybridized carbons (Fsp3) is 0.412. The third-order valence-electron chi connectivity index (χ3n) is 9.50. The number of nitrogens with zero attached hydrogens (tertiary/aromatic N) is 4. The van der Waals surface area contributed by atoms with Crippen LogP contribution in [0.25, 0.3) is 11.1 Å². The number of hydrogen-bond acceptors (Lipinski definition) is 6. The molecule has 0 bridgehead atoms. The van der Waals surface area contributed by atoms with Crippen LogP contribution >= 0.6 is 0 Å². The van der Waals surface area contributed by atoms with Gasteiger partial charge in [-0.1, -0.05) is 18.2 Å². The van der Waals surface area contributed by atoms with Crippen molar-refractivity contribution < 1.29 is 14.4 Å². The van der Waals surface area contributed by atoms with Crippen molar-refractivity contribution in [3.63, 3.8) is 0 Å². The Bertz CT molecular complexity index is 1520. The summed E-state index contributed by atoms with van der Waals surface area (Å²) < 4.78 is 6.20. The van der Waals surface area contributed by atoms with Crippen LogP contribution in [0.5, 0.6) is 5.75 Å². The molecule has 7 heteroatoms. The molecule has 41 heavy (non-hydrogen) atoms. The number of anilines is 2. The van der Waals surface area contributed by atoms with E-state index in [9.17, 15) is 4.79 Å². The number of likely N-dealkylation sites (tertiary alicyclic amines) is 1. The number of amides is 1. The van der Waals surface area contributed by atoms with Crippen molar-refractivity contribution in [2.45, 2.75) is 51.4 Å². The van der Waals surface area contributed by atoms with Gasteiger partial charge in [0.25, 0.3) is 5.91 Å². The normalized spacial score (nSPS) is 19.7. The van der Waals surface area contributed by atoms with Gasteiger partial charge in [0, 0.05) is 35.7 Å². The number of hydrogen-bond donors (Lipinski definition) is 0. The van der Waals surface area contributed by atoms with E-state index in [1.165, 1.54) is 11.1 Å². The van der Waals surface area contributed by atoms with Gasteiger partial charge in [-0.15, -0.1) is 0 Å². The summed E-state index contributed by atoms with van der Waals surface area (Å²) >= 11 is 0. The lowest BCUT2D eigenvalue weighted by Crippen LogP contribution is -2.44. The number of aryl methyl sites for hydroxylation is 2. The van der Waals surface area contributed by atoms with Crippen LogP contribution in [-0.2, 0) is 16.7 Å². The third kappa shape index (κ3) is 4.66. The zero-order valence-corrected chi connectivity index (χ0v) is 24.3. The highest BCUT2D eigenvalue weighted by Gasteiger charge is 2.41. The number of hydroxylamine groups is 1. The molecule has 4 aliphatic rings. The maximum absolute atomic E-state index is 13.9. The minimum atomic E-state index is 0.0697. The Kier molecular flexibility index (Phi) is 6.50. The van der Waals surface area contributed by atoms with E-state index in [0.29, 0.717) is 12.6 Å². The van der Waals surface area contributed by atoms with Crippen molar-refractivity contribution in [3.05, 3.63) is 76.9 Å². The van der Waals surface area contributed by atoms with Crippen LogP contribution < -0.4 is 14.7 Å².